The number of rotatable bonds is 6. The van der Waals surface area contributed by atoms with Crippen molar-refractivity contribution in [2.24, 2.45) is 11.3 Å². The van der Waals surface area contributed by atoms with Crippen LogP contribution in [0.3, 0.4) is 0 Å². The maximum Gasteiger partial charge on any atom is 0.407 e. The van der Waals surface area contributed by atoms with Gasteiger partial charge in [-0.2, -0.15) is 0 Å². The monoisotopic (exact) mass is 462 g/mol. The molecule has 178 valence electrons. The van der Waals surface area contributed by atoms with Crippen LogP contribution in [0.1, 0.15) is 49.7 Å². The zero-order valence-electron chi connectivity index (χ0n) is 19.3. The highest BCUT2D eigenvalue weighted by Crippen LogP contribution is 2.48. The van der Waals surface area contributed by atoms with E-state index in [0.29, 0.717) is 32.2 Å². The summed E-state index contributed by atoms with van der Waals surface area (Å²) in [6.45, 7) is 2.81. The number of hydrogen-bond donors (Lipinski definition) is 2. The summed E-state index contributed by atoms with van der Waals surface area (Å²) >= 11 is 0. The second-order valence-corrected chi connectivity index (χ2v) is 9.79. The molecule has 2 aromatic carbocycles. The van der Waals surface area contributed by atoms with Gasteiger partial charge in [0.2, 0.25) is 5.91 Å². The molecule has 2 amide bonds. The van der Waals surface area contributed by atoms with Crippen LogP contribution < -0.4 is 5.32 Å². The molecule has 2 unspecified atom stereocenters. The number of fused-ring (bicyclic) bond motifs is 3. The highest BCUT2D eigenvalue weighted by Gasteiger charge is 2.53. The molecule has 34 heavy (non-hydrogen) atoms. The largest absolute Gasteiger partial charge is 0.481 e. The number of carboxylic acid groups (broad SMARTS) is 1. The van der Waals surface area contributed by atoms with Crippen LogP contribution in [0.25, 0.3) is 11.1 Å². The molecule has 2 aromatic rings. The first-order chi connectivity index (χ1) is 16.4. The smallest absolute Gasteiger partial charge is 0.407 e. The first kappa shape index (κ1) is 22.4. The van der Waals surface area contributed by atoms with Crippen LogP contribution in [0.15, 0.2) is 48.5 Å². The van der Waals surface area contributed by atoms with Crippen molar-refractivity contribution in [3.8, 4) is 11.1 Å². The highest BCUT2D eigenvalue weighted by molar-refractivity contribution is 5.87. The zero-order chi connectivity index (χ0) is 23.9. The van der Waals surface area contributed by atoms with Crippen molar-refractivity contribution in [1.82, 2.24) is 10.2 Å². The molecule has 2 aliphatic carbocycles. The minimum atomic E-state index is -0.855. The molecule has 1 heterocycles. The molecule has 0 radical (unpaired) electrons. The van der Waals surface area contributed by atoms with Crippen LogP contribution in [-0.2, 0) is 14.3 Å². The zero-order valence-corrected chi connectivity index (χ0v) is 19.3. The molecule has 2 fully saturated rings. The average Bonchev–Trinajstić information content (AvgIpc) is 3.57. The van der Waals surface area contributed by atoms with E-state index in [2.05, 4.69) is 29.6 Å². The van der Waals surface area contributed by atoms with Gasteiger partial charge in [0.05, 0.1) is 11.3 Å². The summed E-state index contributed by atoms with van der Waals surface area (Å²) in [5, 5.41) is 12.3. The standard InChI is InChI=1S/C27H30N2O5/c1-17-18(24(30)31)11-6-14-29(17)25(32)27(12-13-27)16-28-26(33)34-15-23-21-9-4-2-7-19(21)20-8-3-5-10-22(20)23/h2-5,7-10,17-18,23H,6,11-16H2,1H3,(H,28,33)(H,30,31). The highest BCUT2D eigenvalue weighted by atomic mass is 16.5. The maximum atomic E-state index is 13.3. The molecule has 0 spiro atoms. The number of benzene rings is 2. The molecule has 0 bridgehead atoms. The van der Waals surface area contributed by atoms with Crippen molar-refractivity contribution in [3.63, 3.8) is 0 Å². The van der Waals surface area contributed by atoms with E-state index in [0.717, 1.165) is 11.1 Å². The summed E-state index contributed by atoms with van der Waals surface area (Å²) < 4.78 is 5.61. The maximum absolute atomic E-state index is 13.3. The second kappa shape index (κ2) is 8.78. The number of piperidine rings is 1. The fraction of sp³-hybridized carbons (Fsp3) is 0.444. The van der Waals surface area contributed by atoms with Gasteiger partial charge < -0.3 is 20.1 Å². The van der Waals surface area contributed by atoms with Gasteiger partial charge in [-0.1, -0.05) is 48.5 Å². The SMILES string of the molecule is CC1C(C(=O)O)CCCN1C(=O)C1(CNC(=O)OCC2c3ccccc3-c3ccccc32)CC1. The van der Waals surface area contributed by atoms with E-state index in [1.54, 1.807) is 4.90 Å². The molecule has 1 saturated carbocycles. The van der Waals surface area contributed by atoms with E-state index in [1.165, 1.54) is 11.1 Å². The third-order valence-electron chi connectivity index (χ3n) is 7.79. The molecule has 5 rings (SSSR count). The van der Waals surface area contributed by atoms with Gasteiger partial charge in [-0.15, -0.1) is 0 Å². The van der Waals surface area contributed by atoms with Crippen LogP contribution in [0.2, 0.25) is 0 Å². The fourth-order valence-electron chi connectivity index (χ4n) is 5.57. The summed E-state index contributed by atoms with van der Waals surface area (Å²) in [4.78, 5) is 39.1. The van der Waals surface area contributed by atoms with Crippen LogP contribution >= 0.6 is 0 Å². The predicted molar refractivity (Wildman–Crippen MR) is 126 cm³/mol. The van der Waals surface area contributed by atoms with E-state index >= 15 is 0 Å². The number of carboxylic acids is 1. The van der Waals surface area contributed by atoms with Crippen molar-refractivity contribution in [3.05, 3.63) is 59.7 Å². The Labute approximate surface area is 199 Å². The minimum Gasteiger partial charge on any atom is -0.481 e. The van der Waals surface area contributed by atoms with E-state index in [4.69, 9.17) is 4.74 Å². The lowest BCUT2D eigenvalue weighted by atomic mass is 9.88. The Balaban J connectivity index is 1.19. The van der Waals surface area contributed by atoms with E-state index < -0.39 is 23.4 Å². The number of aliphatic carboxylic acids is 1. The Bertz CT molecular complexity index is 1080. The minimum absolute atomic E-state index is 0.0168. The van der Waals surface area contributed by atoms with Crippen molar-refractivity contribution >= 4 is 18.0 Å². The third-order valence-corrected chi connectivity index (χ3v) is 7.79. The van der Waals surface area contributed by atoms with E-state index in [9.17, 15) is 19.5 Å². The summed E-state index contributed by atoms with van der Waals surface area (Å²) in [5.74, 6) is -1.46. The van der Waals surface area contributed by atoms with Crippen LogP contribution in [0.4, 0.5) is 4.79 Å². The second-order valence-electron chi connectivity index (χ2n) is 9.79. The molecule has 3 aliphatic rings. The van der Waals surface area contributed by atoms with Crippen molar-refractivity contribution in [1.29, 1.82) is 0 Å². The first-order valence-corrected chi connectivity index (χ1v) is 12.0. The van der Waals surface area contributed by atoms with Gasteiger partial charge in [-0.3, -0.25) is 9.59 Å². The number of nitrogens with zero attached hydrogens (tertiary/aromatic N) is 1. The average molecular weight is 463 g/mol. The topological polar surface area (TPSA) is 95.9 Å². The number of hydrogen-bond acceptors (Lipinski definition) is 4. The lowest BCUT2D eigenvalue weighted by Crippen LogP contribution is -2.53. The van der Waals surface area contributed by atoms with Gasteiger partial charge >= 0.3 is 12.1 Å². The fourth-order valence-corrected chi connectivity index (χ4v) is 5.57. The summed E-state index contributed by atoms with van der Waals surface area (Å²) in [7, 11) is 0. The predicted octanol–water partition coefficient (Wildman–Crippen LogP) is 4.02. The quantitative estimate of drug-likeness (QED) is 0.676. The Morgan fingerprint density at radius 1 is 1.06 bits per heavy atom. The lowest BCUT2D eigenvalue weighted by molar-refractivity contribution is -0.151. The number of ether oxygens (including phenoxy) is 1. The summed E-state index contributed by atoms with van der Waals surface area (Å²) in [6.07, 6.45) is 2.12. The Hall–Kier alpha value is -3.35. The first-order valence-electron chi connectivity index (χ1n) is 12.0. The van der Waals surface area contributed by atoms with Crippen LogP contribution in [-0.4, -0.2) is 53.7 Å². The van der Waals surface area contributed by atoms with Gasteiger partial charge in [0, 0.05) is 25.0 Å². The molecule has 1 aliphatic heterocycles. The van der Waals surface area contributed by atoms with E-state index in [1.807, 2.05) is 31.2 Å². The number of alkyl carbamates (subject to hydrolysis) is 1. The van der Waals surface area contributed by atoms with E-state index in [-0.39, 0.29) is 31.0 Å². The molecule has 0 aromatic heterocycles. The normalized spacial score (nSPS) is 22.4. The molecule has 1 saturated heterocycles. The number of carbonyl (C=O) groups is 3. The van der Waals surface area contributed by atoms with Gasteiger partial charge in [0.1, 0.15) is 6.61 Å². The van der Waals surface area contributed by atoms with Crippen LogP contribution in [0.5, 0.6) is 0 Å². The van der Waals surface area contributed by atoms with Gasteiger partial charge in [-0.05, 0) is 54.9 Å². The summed E-state index contributed by atoms with van der Waals surface area (Å²) in [5.41, 5.74) is 4.00. The Kier molecular flexibility index (Phi) is 5.80. The van der Waals surface area contributed by atoms with Gasteiger partial charge in [-0.25, -0.2) is 4.79 Å². The molecular weight excluding hydrogens is 432 g/mol. The Morgan fingerprint density at radius 3 is 2.26 bits per heavy atom. The summed E-state index contributed by atoms with van der Waals surface area (Å²) in [6, 6.07) is 16.0. The molecule has 7 heteroatoms. The van der Waals surface area contributed by atoms with Gasteiger partial charge in [0.15, 0.2) is 0 Å². The van der Waals surface area contributed by atoms with Crippen LogP contribution in [0, 0.1) is 11.3 Å². The molecular formula is C27H30N2O5. The molecule has 2 atom stereocenters. The van der Waals surface area contributed by atoms with Crippen molar-refractivity contribution in [2.75, 3.05) is 19.7 Å². The molecule has 2 N–H and O–H groups in total. The van der Waals surface area contributed by atoms with Crippen molar-refractivity contribution < 1.29 is 24.2 Å². The van der Waals surface area contributed by atoms with Crippen molar-refractivity contribution in [2.45, 2.75) is 44.6 Å². The lowest BCUT2D eigenvalue weighted by Gasteiger charge is -2.39. The number of likely N-dealkylation sites (tertiary alicyclic amines) is 1. The number of amides is 2. The van der Waals surface area contributed by atoms with Gasteiger partial charge in [0.25, 0.3) is 0 Å². The Morgan fingerprint density at radius 2 is 1.68 bits per heavy atom. The number of carbonyl (C=O) groups excluding carboxylic acids is 2. The number of nitrogens with one attached hydrogen (secondary N) is 1. The third kappa shape index (κ3) is 3.93. The molecule has 7 nitrogen and oxygen atoms in total.